The highest BCUT2D eigenvalue weighted by molar-refractivity contribution is 5.35. The fourth-order valence-corrected chi connectivity index (χ4v) is 1.90. The molecular weight excluding hydrogens is 212 g/mol. The first-order chi connectivity index (χ1) is 8.19. The second-order valence-corrected chi connectivity index (χ2v) is 4.40. The average molecular weight is 236 g/mol. The standard InChI is InChI=1S/C14H24N2O/c1-5-17-14-9-7-6-8-12(14)13(15-2)10-11-16(3)4/h6-9,13,15H,5,10-11H2,1-4H3. The number of hydrogen-bond acceptors (Lipinski definition) is 3. The Morgan fingerprint density at radius 1 is 1.29 bits per heavy atom. The number of rotatable bonds is 7. The Morgan fingerprint density at radius 2 is 2.00 bits per heavy atom. The Bertz CT molecular complexity index is 326. The van der Waals surface area contributed by atoms with Gasteiger partial charge >= 0.3 is 0 Å². The van der Waals surface area contributed by atoms with E-state index in [1.165, 1.54) is 5.56 Å². The lowest BCUT2D eigenvalue weighted by Crippen LogP contribution is -2.23. The summed E-state index contributed by atoms with van der Waals surface area (Å²) < 4.78 is 5.67. The molecule has 0 aliphatic rings. The monoisotopic (exact) mass is 236 g/mol. The van der Waals surface area contributed by atoms with Crippen LogP contribution in [0, 0.1) is 0 Å². The third-order valence-electron chi connectivity index (χ3n) is 2.81. The lowest BCUT2D eigenvalue weighted by Gasteiger charge is -2.21. The zero-order valence-corrected chi connectivity index (χ0v) is 11.4. The van der Waals surface area contributed by atoms with Crippen LogP contribution >= 0.6 is 0 Å². The fourth-order valence-electron chi connectivity index (χ4n) is 1.90. The predicted molar refractivity (Wildman–Crippen MR) is 72.6 cm³/mol. The van der Waals surface area contributed by atoms with E-state index in [2.05, 4.69) is 36.4 Å². The molecule has 0 saturated carbocycles. The summed E-state index contributed by atoms with van der Waals surface area (Å²) in [4.78, 5) is 2.20. The van der Waals surface area contributed by atoms with E-state index in [4.69, 9.17) is 4.74 Å². The molecule has 1 unspecified atom stereocenters. The Balaban J connectivity index is 2.79. The minimum absolute atomic E-state index is 0.347. The summed E-state index contributed by atoms with van der Waals surface area (Å²) in [5.74, 6) is 0.994. The molecule has 0 fully saturated rings. The summed E-state index contributed by atoms with van der Waals surface area (Å²) in [6.07, 6.45) is 1.08. The average Bonchev–Trinajstić information content (AvgIpc) is 2.32. The second kappa shape index (κ2) is 7.30. The van der Waals surface area contributed by atoms with Crippen LogP contribution in [0.15, 0.2) is 24.3 Å². The van der Waals surface area contributed by atoms with E-state index in [1.54, 1.807) is 0 Å². The highest BCUT2D eigenvalue weighted by Gasteiger charge is 2.13. The second-order valence-electron chi connectivity index (χ2n) is 4.40. The Morgan fingerprint density at radius 3 is 2.59 bits per heavy atom. The molecule has 17 heavy (non-hydrogen) atoms. The number of nitrogens with one attached hydrogen (secondary N) is 1. The molecule has 96 valence electrons. The molecule has 0 bridgehead atoms. The molecule has 0 spiro atoms. The summed E-state index contributed by atoms with van der Waals surface area (Å²) >= 11 is 0. The van der Waals surface area contributed by atoms with Gasteiger partial charge < -0.3 is 15.0 Å². The number of ether oxygens (including phenoxy) is 1. The zero-order valence-electron chi connectivity index (χ0n) is 11.4. The van der Waals surface area contributed by atoms with Crippen LogP contribution in [0.4, 0.5) is 0 Å². The van der Waals surface area contributed by atoms with E-state index in [0.29, 0.717) is 12.6 Å². The van der Waals surface area contributed by atoms with E-state index in [0.717, 1.165) is 18.7 Å². The van der Waals surface area contributed by atoms with Gasteiger partial charge in [0.05, 0.1) is 6.61 Å². The number of nitrogens with zero attached hydrogens (tertiary/aromatic N) is 1. The maximum atomic E-state index is 5.67. The van der Waals surface area contributed by atoms with Crippen LogP contribution in [-0.2, 0) is 0 Å². The number of para-hydroxylation sites is 1. The van der Waals surface area contributed by atoms with Crippen LogP contribution in [-0.4, -0.2) is 39.2 Å². The molecule has 1 N–H and O–H groups in total. The van der Waals surface area contributed by atoms with Crippen molar-refractivity contribution >= 4 is 0 Å². The number of benzene rings is 1. The molecule has 1 aromatic carbocycles. The van der Waals surface area contributed by atoms with Crippen molar-refractivity contribution in [2.45, 2.75) is 19.4 Å². The normalized spacial score (nSPS) is 12.8. The van der Waals surface area contributed by atoms with Crippen molar-refractivity contribution in [2.75, 3.05) is 34.3 Å². The van der Waals surface area contributed by atoms with Crippen molar-refractivity contribution in [3.05, 3.63) is 29.8 Å². The van der Waals surface area contributed by atoms with Crippen LogP contribution < -0.4 is 10.1 Å². The van der Waals surface area contributed by atoms with Gasteiger partial charge in [-0.15, -0.1) is 0 Å². The van der Waals surface area contributed by atoms with Gasteiger partial charge in [-0.3, -0.25) is 0 Å². The largest absolute Gasteiger partial charge is 0.494 e. The SMILES string of the molecule is CCOc1ccccc1C(CCN(C)C)NC. The summed E-state index contributed by atoms with van der Waals surface area (Å²) in [7, 11) is 6.20. The van der Waals surface area contributed by atoms with Crippen molar-refractivity contribution in [1.29, 1.82) is 0 Å². The van der Waals surface area contributed by atoms with Gasteiger partial charge in [0.1, 0.15) is 5.75 Å². The first-order valence-corrected chi connectivity index (χ1v) is 6.22. The van der Waals surface area contributed by atoms with Gasteiger partial charge in [-0.1, -0.05) is 18.2 Å². The third kappa shape index (κ3) is 4.36. The smallest absolute Gasteiger partial charge is 0.124 e. The van der Waals surface area contributed by atoms with Crippen molar-refractivity contribution in [3.8, 4) is 5.75 Å². The molecule has 1 rings (SSSR count). The molecule has 1 atom stereocenters. The maximum absolute atomic E-state index is 5.67. The van der Waals surface area contributed by atoms with Crippen molar-refractivity contribution in [1.82, 2.24) is 10.2 Å². The molecule has 3 heteroatoms. The molecule has 0 saturated heterocycles. The van der Waals surface area contributed by atoms with Gasteiger partial charge in [-0.05, 0) is 47.1 Å². The van der Waals surface area contributed by atoms with E-state index in [9.17, 15) is 0 Å². The first-order valence-electron chi connectivity index (χ1n) is 6.22. The summed E-state index contributed by atoms with van der Waals surface area (Å²) in [5, 5.41) is 3.37. The van der Waals surface area contributed by atoms with E-state index in [-0.39, 0.29) is 0 Å². The lowest BCUT2D eigenvalue weighted by molar-refractivity contribution is 0.324. The third-order valence-corrected chi connectivity index (χ3v) is 2.81. The predicted octanol–water partition coefficient (Wildman–Crippen LogP) is 2.30. The number of hydrogen-bond donors (Lipinski definition) is 1. The van der Waals surface area contributed by atoms with Gasteiger partial charge in [0, 0.05) is 11.6 Å². The van der Waals surface area contributed by atoms with Crippen molar-refractivity contribution in [3.63, 3.8) is 0 Å². The van der Waals surface area contributed by atoms with Gasteiger partial charge in [-0.25, -0.2) is 0 Å². The minimum atomic E-state index is 0.347. The first kappa shape index (κ1) is 14.0. The summed E-state index contributed by atoms with van der Waals surface area (Å²) in [6.45, 7) is 3.79. The van der Waals surface area contributed by atoms with E-state index < -0.39 is 0 Å². The molecular formula is C14H24N2O. The van der Waals surface area contributed by atoms with E-state index >= 15 is 0 Å². The molecule has 0 heterocycles. The maximum Gasteiger partial charge on any atom is 0.124 e. The van der Waals surface area contributed by atoms with Gasteiger partial charge in [0.15, 0.2) is 0 Å². The van der Waals surface area contributed by atoms with Gasteiger partial charge in [0.25, 0.3) is 0 Å². The van der Waals surface area contributed by atoms with Crippen LogP contribution in [0.3, 0.4) is 0 Å². The van der Waals surface area contributed by atoms with Crippen molar-refractivity contribution < 1.29 is 4.74 Å². The molecule has 0 aliphatic heterocycles. The Kier molecular flexibility index (Phi) is 6.01. The lowest BCUT2D eigenvalue weighted by atomic mass is 10.0. The zero-order chi connectivity index (χ0) is 12.7. The highest BCUT2D eigenvalue weighted by Crippen LogP contribution is 2.26. The molecule has 1 aromatic rings. The summed E-state index contributed by atoms with van der Waals surface area (Å²) in [5.41, 5.74) is 1.25. The van der Waals surface area contributed by atoms with E-state index in [1.807, 2.05) is 26.1 Å². The van der Waals surface area contributed by atoms with Crippen LogP contribution in [0.25, 0.3) is 0 Å². The Hall–Kier alpha value is -1.06. The molecule has 3 nitrogen and oxygen atoms in total. The summed E-state index contributed by atoms with van der Waals surface area (Å²) in [6, 6.07) is 8.62. The minimum Gasteiger partial charge on any atom is -0.494 e. The van der Waals surface area contributed by atoms with Crippen LogP contribution in [0.2, 0.25) is 0 Å². The van der Waals surface area contributed by atoms with Crippen LogP contribution in [0.5, 0.6) is 5.75 Å². The molecule has 0 radical (unpaired) electrons. The van der Waals surface area contributed by atoms with Crippen molar-refractivity contribution in [2.24, 2.45) is 0 Å². The molecule has 0 aliphatic carbocycles. The fraction of sp³-hybridized carbons (Fsp3) is 0.571. The Labute approximate surface area is 105 Å². The van der Waals surface area contributed by atoms with Gasteiger partial charge in [-0.2, -0.15) is 0 Å². The molecule has 0 aromatic heterocycles. The van der Waals surface area contributed by atoms with Crippen LogP contribution in [0.1, 0.15) is 24.9 Å². The topological polar surface area (TPSA) is 24.5 Å². The quantitative estimate of drug-likeness (QED) is 0.786. The van der Waals surface area contributed by atoms with Gasteiger partial charge in [0.2, 0.25) is 0 Å². The molecule has 0 amide bonds. The highest BCUT2D eigenvalue weighted by atomic mass is 16.5.